The number of para-hydroxylation sites is 1. The monoisotopic (exact) mass is 675 g/mol. The van der Waals surface area contributed by atoms with E-state index in [-0.39, 0.29) is 42.7 Å². The van der Waals surface area contributed by atoms with Gasteiger partial charge >= 0.3 is 12.1 Å². The molecule has 0 radical (unpaired) electrons. The van der Waals surface area contributed by atoms with E-state index >= 15 is 0 Å². The number of hydrogen-bond acceptors (Lipinski definition) is 7. The predicted molar refractivity (Wildman–Crippen MR) is 191 cm³/mol. The Morgan fingerprint density at radius 2 is 1.65 bits per heavy atom. The average Bonchev–Trinajstić information content (AvgIpc) is 3.10. The number of nitrogens with zero attached hydrogens (tertiary/aromatic N) is 2. The minimum Gasteiger partial charge on any atom is -0.497 e. The van der Waals surface area contributed by atoms with Crippen molar-refractivity contribution in [1.82, 2.24) is 9.80 Å². The Labute approximate surface area is 288 Å². The molecule has 12 nitrogen and oxygen atoms in total. The van der Waals surface area contributed by atoms with Gasteiger partial charge in [-0.05, 0) is 87.7 Å². The number of methoxy groups -OCH3 is 1. The summed E-state index contributed by atoms with van der Waals surface area (Å²) in [7, 11) is 3.28. The number of aliphatic hydroxyl groups is 1. The van der Waals surface area contributed by atoms with E-state index in [0.29, 0.717) is 41.7 Å². The molecule has 0 spiro atoms. The van der Waals surface area contributed by atoms with Gasteiger partial charge in [0, 0.05) is 49.7 Å². The summed E-state index contributed by atoms with van der Waals surface area (Å²) >= 11 is 0. The number of nitrogens with one attached hydrogen (secondary N) is 3. The number of rotatable bonds is 8. The molecule has 5 amide bonds. The van der Waals surface area contributed by atoms with Gasteiger partial charge in [-0.15, -0.1) is 0 Å². The Balaban J connectivity index is 1.57. The normalized spacial score (nSPS) is 19.3. The van der Waals surface area contributed by atoms with E-state index in [4.69, 9.17) is 14.2 Å². The van der Waals surface area contributed by atoms with Gasteiger partial charge in [-0.1, -0.05) is 25.1 Å². The molecule has 4 rings (SSSR count). The van der Waals surface area contributed by atoms with Crippen molar-refractivity contribution >= 4 is 35.0 Å². The highest BCUT2D eigenvalue weighted by atomic mass is 16.5. The first-order valence-corrected chi connectivity index (χ1v) is 16.7. The molecule has 0 unspecified atom stereocenters. The zero-order chi connectivity index (χ0) is 35.3. The fraction of sp³-hybridized carbons (Fsp3) is 0.432. The SMILES string of the molecule is COc1ccc(NC(=O)Nc2ccc3c(c2)C(=O)N([C@@H](C)CO)C[C@@H](C)[C@H](CN(C)C(=O)Nc2ccccc2)OCCCC[C@H](C)O3)cc1. The van der Waals surface area contributed by atoms with Crippen LogP contribution >= 0.6 is 0 Å². The number of fused-ring (bicyclic) bond motifs is 1. The number of likely N-dealkylation sites (N-methyl/N-ethyl adjacent to an activating group) is 1. The van der Waals surface area contributed by atoms with Crippen LogP contribution in [-0.4, -0.2) is 91.6 Å². The van der Waals surface area contributed by atoms with E-state index in [1.54, 1.807) is 73.3 Å². The van der Waals surface area contributed by atoms with Crippen molar-refractivity contribution in [3.05, 3.63) is 78.4 Å². The number of aliphatic hydroxyl groups excluding tert-OH is 1. The Morgan fingerprint density at radius 1 is 0.980 bits per heavy atom. The second-order valence-corrected chi connectivity index (χ2v) is 12.5. The molecule has 0 fully saturated rings. The molecule has 49 heavy (non-hydrogen) atoms. The summed E-state index contributed by atoms with van der Waals surface area (Å²) in [5, 5.41) is 18.7. The van der Waals surface area contributed by atoms with Gasteiger partial charge in [0.25, 0.3) is 5.91 Å². The van der Waals surface area contributed by atoms with Crippen LogP contribution in [0.5, 0.6) is 11.5 Å². The summed E-state index contributed by atoms with van der Waals surface area (Å²) in [6.07, 6.45) is 1.79. The van der Waals surface area contributed by atoms with Crippen molar-refractivity contribution in [3.63, 3.8) is 0 Å². The van der Waals surface area contributed by atoms with Gasteiger partial charge in [0.1, 0.15) is 11.5 Å². The molecular weight excluding hydrogens is 626 g/mol. The van der Waals surface area contributed by atoms with E-state index < -0.39 is 18.2 Å². The van der Waals surface area contributed by atoms with Crippen LogP contribution < -0.4 is 25.4 Å². The molecule has 3 aromatic carbocycles. The first-order valence-electron chi connectivity index (χ1n) is 16.7. The van der Waals surface area contributed by atoms with Crippen molar-refractivity contribution in [1.29, 1.82) is 0 Å². The zero-order valence-corrected chi connectivity index (χ0v) is 29.0. The number of carbonyl (C=O) groups is 3. The Morgan fingerprint density at radius 3 is 2.35 bits per heavy atom. The molecule has 0 aromatic heterocycles. The molecule has 0 saturated heterocycles. The molecule has 12 heteroatoms. The summed E-state index contributed by atoms with van der Waals surface area (Å²) < 4.78 is 17.8. The lowest BCUT2D eigenvalue weighted by Gasteiger charge is -2.35. The van der Waals surface area contributed by atoms with Crippen LogP contribution in [0.4, 0.5) is 26.7 Å². The lowest BCUT2D eigenvalue weighted by Crippen LogP contribution is -2.48. The Bertz CT molecular complexity index is 1520. The summed E-state index contributed by atoms with van der Waals surface area (Å²) in [5.74, 6) is 0.483. The van der Waals surface area contributed by atoms with Crippen molar-refractivity contribution < 1.29 is 33.7 Å². The molecule has 0 bridgehead atoms. The predicted octanol–water partition coefficient (Wildman–Crippen LogP) is 6.30. The topological polar surface area (TPSA) is 142 Å². The van der Waals surface area contributed by atoms with Crippen LogP contribution in [0.15, 0.2) is 72.8 Å². The minimum atomic E-state index is -0.539. The van der Waals surface area contributed by atoms with E-state index in [1.807, 2.05) is 44.2 Å². The Hall–Kier alpha value is -4.81. The van der Waals surface area contributed by atoms with E-state index in [1.165, 1.54) is 0 Å². The molecule has 1 aliphatic rings. The number of urea groups is 2. The number of amides is 5. The third kappa shape index (κ3) is 10.8. The second-order valence-electron chi connectivity index (χ2n) is 12.5. The lowest BCUT2D eigenvalue weighted by atomic mass is 10.0. The van der Waals surface area contributed by atoms with Gasteiger partial charge in [-0.3, -0.25) is 4.79 Å². The average molecular weight is 676 g/mol. The molecule has 264 valence electrons. The smallest absolute Gasteiger partial charge is 0.323 e. The van der Waals surface area contributed by atoms with Crippen LogP contribution in [0.1, 0.15) is 50.4 Å². The fourth-order valence-electron chi connectivity index (χ4n) is 5.52. The van der Waals surface area contributed by atoms with Gasteiger partial charge < -0.3 is 45.1 Å². The molecule has 4 N–H and O–H groups in total. The van der Waals surface area contributed by atoms with Crippen LogP contribution in [0.25, 0.3) is 0 Å². The number of hydrogen-bond donors (Lipinski definition) is 4. The van der Waals surface area contributed by atoms with Gasteiger partial charge in [0.05, 0.1) is 37.5 Å². The molecule has 3 aromatic rings. The summed E-state index contributed by atoms with van der Waals surface area (Å²) in [6, 6.07) is 19.8. The van der Waals surface area contributed by atoms with Crippen LogP contribution in [-0.2, 0) is 4.74 Å². The second kappa shape index (κ2) is 18.1. The third-order valence-electron chi connectivity index (χ3n) is 8.48. The quantitative estimate of drug-likeness (QED) is 0.220. The van der Waals surface area contributed by atoms with E-state index in [2.05, 4.69) is 16.0 Å². The van der Waals surface area contributed by atoms with Crippen LogP contribution in [0.3, 0.4) is 0 Å². The van der Waals surface area contributed by atoms with Gasteiger partial charge in [0.2, 0.25) is 0 Å². The van der Waals surface area contributed by atoms with Crippen molar-refractivity contribution in [2.45, 2.75) is 58.3 Å². The summed E-state index contributed by atoms with van der Waals surface area (Å²) in [4.78, 5) is 43.5. The maximum absolute atomic E-state index is 14.4. The van der Waals surface area contributed by atoms with Crippen LogP contribution in [0.2, 0.25) is 0 Å². The van der Waals surface area contributed by atoms with Gasteiger partial charge in [0.15, 0.2) is 0 Å². The summed E-state index contributed by atoms with van der Waals surface area (Å²) in [6.45, 7) is 6.46. The molecule has 0 aliphatic carbocycles. The van der Waals surface area contributed by atoms with E-state index in [9.17, 15) is 19.5 Å². The number of carbonyl (C=O) groups excluding carboxylic acids is 3. The summed E-state index contributed by atoms with van der Waals surface area (Å²) in [5.41, 5.74) is 1.92. The highest BCUT2D eigenvalue weighted by Crippen LogP contribution is 2.29. The standard InChI is InChI=1S/C37H49N5O7/c1-25-22-42(26(2)24-43)35(44)32-21-30(39-36(45)38-29-14-17-31(47-5)18-15-29)16-19-33(32)49-27(3)11-9-10-20-48-34(25)23-41(4)37(46)40-28-12-7-6-8-13-28/h6-8,12-19,21,25-27,34,43H,9-11,20,22-24H2,1-5H3,(H,40,46)(H2,38,39,45)/t25-,26+,27+,34+/m1/s1. The molecule has 1 aliphatic heterocycles. The van der Waals surface area contributed by atoms with Gasteiger partial charge in [-0.25, -0.2) is 9.59 Å². The zero-order valence-electron chi connectivity index (χ0n) is 29.0. The number of anilines is 3. The van der Waals surface area contributed by atoms with Crippen molar-refractivity contribution in [3.8, 4) is 11.5 Å². The lowest BCUT2D eigenvalue weighted by molar-refractivity contribution is -0.0115. The highest BCUT2D eigenvalue weighted by molar-refractivity contribution is 6.02. The number of ether oxygens (including phenoxy) is 3. The Kier molecular flexibility index (Phi) is 13.7. The minimum absolute atomic E-state index is 0.196. The van der Waals surface area contributed by atoms with E-state index in [0.717, 1.165) is 19.3 Å². The fourth-order valence-corrected chi connectivity index (χ4v) is 5.52. The maximum Gasteiger partial charge on any atom is 0.323 e. The third-order valence-corrected chi connectivity index (χ3v) is 8.48. The number of benzene rings is 3. The molecule has 4 atom stereocenters. The largest absolute Gasteiger partial charge is 0.497 e. The van der Waals surface area contributed by atoms with Crippen molar-refractivity contribution in [2.75, 3.05) is 56.4 Å². The van der Waals surface area contributed by atoms with Gasteiger partial charge in [-0.2, -0.15) is 0 Å². The van der Waals surface area contributed by atoms with Crippen LogP contribution in [0, 0.1) is 5.92 Å². The first-order chi connectivity index (χ1) is 23.6. The molecule has 1 heterocycles. The first kappa shape index (κ1) is 37.0. The van der Waals surface area contributed by atoms with Crippen molar-refractivity contribution in [2.24, 2.45) is 5.92 Å². The maximum atomic E-state index is 14.4. The highest BCUT2D eigenvalue weighted by Gasteiger charge is 2.31. The molecule has 0 saturated carbocycles. The molecular formula is C37H49N5O7.